The van der Waals surface area contributed by atoms with Crippen LogP contribution in [0.4, 0.5) is 18.9 Å². The van der Waals surface area contributed by atoms with Crippen molar-refractivity contribution in [3.8, 4) is 6.07 Å². The number of rotatable bonds is 6. The summed E-state index contributed by atoms with van der Waals surface area (Å²) in [5.41, 5.74) is -0.925. The van der Waals surface area contributed by atoms with Gasteiger partial charge in [-0.05, 0) is 36.5 Å². The standard InChI is InChI=1S/C15H19F3N2O/c1-14(2,6-3-7-21)10-20-12-4-5-13(15(16,17)18)11(8-12)9-19/h4-5,8,20-21H,3,6-7,10H2,1-2H3. The summed E-state index contributed by atoms with van der Waals surface area (Å²) in [5, 5.41) is 20.7. The number of benzene rings is 1. The number of aliphatic hydroxyl groups excluding tert-OH is 1. The molecule has 3 nitrogen and oxygen atoms in total. The average molecular weight is 300 g/mol. The molecule has 116 valence electrons. The van der Waals surface area contributed by atoms with E-state index in [0.717, 1.165) is 12.5 Å². The van der Waals surface area contributed by atoms with Gasteiger partial charge >= 0.3 is 6.18 Å². The Balaban J connectivity index is 2.81. The SMILES string of the molecule is CC(C)(CCCO)CNc1ccc(C(F)(F)F)c(C#N)c1. The molecule has 0 aliphatic rings. The average Bonchev–Trinajstić information content (AvgIpc) is 2.41. The van der Waals surface area contributed by atoms with Crippen LogP contribution in [-0.4, -0.2) is 18.3 Å². The van der Waals surface area contributed by atoms with E-state index in [1.807, 2.05) is 13.8 Å². The second-order valence-corrected chi connectivity index (χ2v) is 5.71. The number of alkyl halides is 3. The van der Waals surface area contributed by atoms with Crippen molar-refractivity contribution >= 4 is 5.69 Å². The topological polar surface area (TPSA) is 56.0 Å². The molecular weight excluding hydrogens is 281 g/mol. The van der Waals surface area contributed by atoms with E-state index < -0.39 is 11.7 Å². The largest absolute Gasteiger partial charge is 0.417 e. The fourth-order valence-electron chi connectivity index (χ4n) is 1.98. The fourth-order valence-corrected chi connectivity index (χ4v) is 1.98. The second-order valence-electron chi connectivity index (χ2n) is 5.71. The van der Waals surface area contributed by atoms with E-state index in [9.17, 15) is 13.2 Å². The zero-order chi connectivity index (χ0) is 16.1. The van der Waals surface area contributed by atoms with Crippen LogP contribution < -0.4 is 5.32 Å². The van der Waals surface area contributed by atoms with Crippen LogP contribution in [0.3, 0.4) is 0 Å². The summed E-state index contributed by atoms with van der Waals surface area (Å²) >= 11 is 0. The van der Waals surface area contributed by atoms with Crippen LogP contribution in [0, 0.1) is 16.7 Å². The quantitative estimate of drug-likeness (QED) is 0.840. The number of hydrogen-bond donors (Lipinski definition) is 2. The number of nitriles is 1. The van der Waals surface area contributed by atoms with E-state index >= 15 is 0 Å². The molecule has 6 heteroatoms. The number of halogens is 3. The van der Waals surface area contributed by atoms with E-state index in [0.29, 0.717) is 18.7 Å². The number of nitrogens with one attached hydrogen (secondary N) is 1. The van der Waals surface area contributed by atoms with Crippen molar-refractivity contribution < 1.29 is 18.3 Å². The van der Waals surface area contributed by atoms with Crippen LogP contribution in [0.5, 0.6) is 0 Å². The van der Waals surface area contributed by atoms with E-state index in [4.69, 9.17) is 10.4 Å². The van der Waals surface area contributed by atoms with Gasteiger partial charge in [0.2, 0.25) is 0 Å². The van der Waals surface area contributed by atoms with Crippen molar-refractivity contribution in [1.29, 1.82) is 5.26 Å². The lowest BCUT2D eigenvalue weighted by Gasteiger charge is -2.25. The molecule has 0 unspecified atom stereocenters. The van der Waals surface area contributed by atoms with Gasteiger partial charge in [-0.25, -0.2) is 0 Å². The Morgan fingerprint density at radius 1 is 1.29 bits per heavy atom. The highest BCUT2D eigenvalue weighted by Crippen LogP contribution is 2.33. The molecule has 0 aromatic heterocycles. The Hall–Kier alpha value is -1.74. The summed E-state index contributed by atoms with van der Waals surface area (Å²) in [6.07, 6.45) is -3.06. The molecule has 0 spiro atoms. The van der Waals surface area contributed by atoms with Crippen LogP contribution in [-0.2, 0) is 6.18 Å². The van der Waals surface area contributed by atoms with Gasteiger partial charge in [0.25, 0.3) is 0 Å². The second kappa shape index (κ2) is 6.81. The normalized spacial score (nSPS) is 12.0. The van der Waals surface area contributed by atoms with Crippen LogP contribution in [0.2, 0.25) is 0 Å². The summed E-state index contributed by atoms with van der Waals surface area (Å²) in [5.74, 6) is 0. The van der Waals surface area contributed by atoms with E-state index in [2.05, 4.69) is 5.32 Å². The minimum Gasteiger partial charge on any atom is -0.396 e. The first-order valence-corrected chi connectivity index (χ1v) is 6.66. The lowest BCUT2D eigenvalue weighted by atomic mass is 9.88. The molecule has 0 amide bonds. The highest BCUT2D eigenvalue weighted by atomic mass is 19.4. The zero-order valence-corrected chi connectivity index (χ0v) is 12.1. The summed E-state index contributed by atoms with van der Waals surface area (Å²) in [4.78, 5) is 0. The number of anilines is 1. The van der Waals surface area contributed by atoms with Gasteiger partial charge in [0, 0.05) is 18.8 Å². The summed E-state index contributed by atoms with van der Waals surface area (Å²) in [6, 6.07) is 5.04. The first kappa shape index (κ1) is 17.3. The molecular formula is C15H19F3N2O. The van der Waals surface area contributed by atoms with Gasteiger partial charge in [0.05, 0.1) is 17.2 Å². The Morgan fingerprint density at radius 2 is 1.95 bits per heavy atom. The summed E-state index contributed by atoms with van der Waals surface area (Å²) in [6.45, 7) is 4.67. The molecule has 0 saturated heterocycles. The first-order chi connectivity index (χ1) is 9.69. The molecule has 1 aromatic rings. The van der Waals surface area contributed by atoms with Gasteiger partial charge in [-0.2, -0.15) is 18.4 Å². The maximum absolute atomic E-state index is 12.7. The Bertz CT molecular complexity index is 519. The minimum absolute atomic E-state index is 0.0990. The Morgan fingerprint density at radius 3 is 2.48 bits per heavy atom. The van der Waals surface area contributed by atoms with Crippen molar-refractivity contribution in [2.45, 2.75) is 32.9 Å². The van der Waals surface area contributed by atoms with Crippen LogP contribution in [0.25, 0.3) is 0 Å². The third-order valence-corrected chi connectivity index (χ3v) is 3.23. The predicted molar refractivity (Wildman–Crippen MR) is 74.7 cm³/mol. The molecule has 1 aromatic carbocycles. The monoisotopic (exact) mass is 300 g/mol. The lowest BCUT2D eigenvalue weighted by molar-refractivity contribution is -0.137. The molecule has 0 heterocycles. The van der Waals surface area contributed by atoms with Crippen molar-refractivity contribution in [2.75, 3.05) is 18.5 Å². The molecule has 0 bridgehead atoms. The van der Waals surface area contributed by atoms with Crippen molar-refractivity contribution in [3.05, 3.63) is 29.3 Å². The molecule has 0 aliphatic heterocycles. The molecule has 0 saturated carbocycles. The molecule has 0 aliphatic carbocycles. The Kier molecular flexibility index (Phi) is 5.62. The summed E-state index contributed by atoms with van der Waals surface area (Å²) in [7, 11) is 0. The molecule has 0 fully saturated rings. The zero-order valence-electron chi connectivity index (χ0n) is 12.1. The predicted octanol–water partition coefficient (Wildman–Crippen LogP) is 3.79. The fraction of sp³-hybridized carbons (Fsp3) is 0.533. The number of nitrogens with zero attached hydrogens (tertiary/aromatic N) is 1. The molecule has 2 N–H and O–H groups in total. The lowest BCUT2D eigenvalue weighted by Crippen LogP contribution is -2.23. The maximum Gasteiger partial charge on any atom is 0.417 e. The smallest absolute Gasteiger partial charge is 0.396 e. The highest BCUT2D eigenvalue weighted by Gasteiger charge is 2.33. The van der Waals surface area contributed by atoms with Gasteiger partial charge in [-0.1, -0.05) is 13.8 Å². The third-order valence-electron chi connectivity index (χ3n) is 3.23. The van der Waals surface area contributed by atoms with Crippen LogP contribution in [0.1, 0.15) is 37.8 Å². The van der Waals surface area contributed by atoms with Gasteiger partial charge in [0.15, 0.2) is 0 Å². The van der Waals surface area contributed by atoms with Gasteiger partial charge in [-0.15, -0.1) is 0 Å². The van der Waals surface area contributed by atoms with Gasteiger partial charge in [-0.3, -0.25) is 0 Å². The van der Waals surface area contributed by atoms with E-state index in [1.165, 1.54) is 12.1 Å². The number of hydrogen-bond acceptors (Lipinski definition) is 3. The van der Waals surface area contributed by atoms with Crippen molar-refractivity contribution in [2.24, 2.45) is 5.41 Å². The van der Waals surface area contributed by atoms with Gasteiger partial charge < -0.3 is 10.4 Å². The first-order valence-electron chi connectivity index (χ1n) is 6.66. The maximum atomic E-state index is 12.7. The van der Waals surface area contributed by atoms with Crippen LogP contribution in [0.15, 0.2) is 18.2 Å². The molecule has 21 heavy (non-hydrogen) atoms. The van der Waals surface area contributed by atoms with Crippen molar-refractivity contribution in [1.82, 2.24) is 0 Å². The van der Waals surface area contributed by atoms with Crippen molar-refractivity contribution in [3.63, 3.8) is 0 Å². The molecule has 1 rings (SSSR count). The van der Waals surface area contributed by atoms with E-state index in [-0.39, 0.29) is 17.6 Å². The Labute approximate surface area is 122 Å². The van der Waals surface area contributed by atoms with E-state index in [1.54, 1.807) is 6.07 Å². The molecule has 0 atom stereocenters. The van der Waals surface area contributed by atoms with Crippen LogP contribution >= 0.6 is 0 Å². The highest BCUT2D eigenvalue weighted by molar-refractivity contribution is 5.53. The third kappa shape index (κ3) is 5.27. The van der Waals surface area contributed by atoms with Gasteiger partial charge in [0.1, 0.15) is 0 Å². The minimum atomic E-state index is -4.52. The molecule has 0 radical (unpaired) electrons. The number of aliphatic hydroxyl groups is 1. The summed E-state index contributed by atoms with van der Waals surface area (Å²) < 4.78 is 38.1.